The third-order valence-corrected chi connectivity index (χ3v) is 2.53. The van der Waals surface area contributed by atoms with Crippen LogP contribution in [-0.4, -0.2) is 26.3 Å². The van der Waals surface area contributed by atoms with Crippen LogP contribution in [0.5, 0.6) is 0 Å². The van der Waals surface area contributed by atoms with Gasteiger partial charge in [-0.2, -0.15) is 23.3 Å². The number of hydrogen-bond acceptors (Lipinski definition) is 5. The van der Waals surface area contributed by atoms with E-state index in [9.17, 15) is 13.2 Å². The van der Waals surface area contributed by atoms with Crippen molar-refractivity contribution in [2.24, 2.45) is 7.05 Å². The number of alkyl halides is 3. The van der Waals surface area contributed by atoms with Crippen molar-refractivity contribution in [3.63, 3.8) is 0 Å². The highest BCUT2D eigenvalue weighted by Crippen LogP contribution is 2.30. The fourth-order valence-electron chi connectivity index (χ4n) is 1.61. The minimum atomic E-state index is -4.53. The lowest BCUT2D eigenvalue weighted by Crippen LogP contribution is -2.13. The van der Waals surface area contributed by atoms with E-state index >= 15 is 0 Å². The van der Waals surface area contributed by atoms with Gasteiger partial charge in [-0.25, -0.2) is 4.98 Å². The van der Waals surface area contributed by atoms with E-state index in [1.807, 2.05) is 6.92 Å². The number of nitrogens with one attached hydrogen (secondary N) is 2. The Hall–Kier alpha value is -2.32. The average molecular weight is 300 g/mol. The summed E-state index contributed by atoms with van der Waals surface area (Å²) in [6.07, 6.45) is -0.648. The maximum absolute atomic E-state index is 12.9. The van der Waals surface area contributed by atoms with Gasteiger partial charge < -0.3 is 10.6 Å². The number of anilines is 3. The van der Waals surface area contributed by atoms with Crippen molar-refractivity contribution in [3.8, 4) is 0 Å². The van der Waals surface area contributed by atoms with Crippen molar-refractivity contribution in [2.75, 3.05) is 17.2 Å². The second-order valence-electron chi connectivity index (χ2n) is 4.41. The van der Waals surface area contributed by atoms with E-state index in [1.165, 1.54) is 10.9 Å². The number of aryl methyl sites for hydroxylation is 1. The van der Waals surface area contributed by atoms with Crippen LogP contribution >= 0.6 is 0 Å². The van der Waals surface area contributed by atoms with Gasteiger partial charge in [0.15, 0.2) is 5.69 Å². The fourth-order valence-corrected chi connectivity index (χ4v) is 1.61. The zero-order valence-corrected chi connectivity index (χ0v) is 11.6. The van der Waals surface area contributed by atoms with E-state index in [0.29, 0.717) is 12.2 Å². The lowest BCUT2D eigenvalue weighted by Gasteiger charge is -2.11. The van der Waals surface area contributed by atoms with E-state index in [0.717, 1.165) is 12.5 Å². The fraction of sp³-hybridized carbons (Fsp3) is 0.417. The molecule has 9 heteroatoms. The molecule has 2 aromatic heterocycles. The Morgan fingerprint density at radius 1 is 1.29 bits per heavy atom. The van der Waals surface area contributed by atoms with Crippen molar-refractivity contribution in [3.05, 3.63) is 24.2 Å². The molecule has 0 radical (unpaired) electrons. The first kappa shape index (κ1) is 15.1. The zero-order chi connectivity index (χ0) is 15.5. The van der Waals surface area contributed by atoms with E-state index in [-0.39, 0.29) is 11.8 Å². The molecule has 0 aliphatic carbocycles. The highest BCUT2D eigenvalue weighted by atomic mass is 19.4. The van der Waals surface area contributed by atoms with Crippen LogP contribution in [-0.2, 0) is 13.2 Å². The molecule has 0 aliphatic rings. The average Bonchev–Trinajstić information content (AvgIpc) is 2.80. The van der Waals surface area contributed by atoms with Crippen molar-refractivity contribution in [2.45, 2.75) is 19.5 Å². The second kappa shape index (κ2) is 5.98. The van der Waals surface area contributed by atoms with Crippen molar-refractivity contribution >= 4 is 17.5 Å². The largest absolute Gasteiger partial charge is 0.433 e. The maximum atomic E-state index is 12.9. The number of halogens is 3. The van der Waals surface area contributed by atoms with Gasteiger partial charge in [0.2, 0.25) is 5.95 Å². The molecule has 2 N–H and O–H groups in total. The van der Waals surface area contributed by atoms with Crippen molar-refractivity contribution in [1.82, 2.24) is 19.7 Å². The van der Waals surface area contributed by atoms with Gasteiger partial charge in [-0.05, 0) is 6.42 Å². The third-order valence-electron chi connectivity index (χ3n) is 2.53. The van der Waals surface area contributed by atoms with Crippen LogP contribution in [0.25, 0.3) is 0 Å². The summed E-state index contributed by atoms with van der Waals surface area (Å²) in [6, 6.07) is 0.865. The Morgan fingerprint density at radius 3 is 2.62 bits per heavy atom. The maximum Gasteiger partial charge on any atom is 0.433 e. The minimum absolute atomic E-state index is 0.0573. The molecule has 0 fully saturated rings. The number of hydrogen-bond donors (Lipinski definition) is 2. The van der Waals surface area contributed by atoms with Gasteiger partial charge >= 0.3 is 6.18 Å². The first-order valence-electron chi connectivity index (χ1n) is 6.34. The molecule has 0 saturated carbocycles. The molecule has 2 rings (SSSR count). The summed E-state index contributed by atoms with van der Waals surface area (Å²) in [4.78, 5) is 7.50. The SMILES string of the molecule is CCCNc1nc(Nc2cnn(C)c2)cc(C(F)(F)F)n1. The molecule has 0 spiro atoms. The Kier molecular flexibility index (Phi) is 4.29. The lowest BCUT2D eigenvalue weighted by atomic mass is 10.3. The highest BCUT2D eigenvalue weighted by Gasteiger charge is 2.33. The summed E-state index contributed by atoms with van der Waals surface area (Å²) in [7, 11) is 1.71. The van der Waals surface area contributed by atoms with Crippen LogP contribution < -0.4 is 10.6 Å². The molecule has 2 heterocycles. The minimum Gasteiger partial charge on any atom is -0.354 e. The van der Waals surface area contributed by atoms with Crippen LogP contribution in [0.1, 0.15) is 19.0 Å². The van der Waals surface area contributed by atoms with Gasteiger partial charge in [-0.3, -0.25) is 4.68 Å². The highest BCUT2D eigenvalue weighted by molar-refractivity contribution is 5.56. The Labute approximate surface area is 119 Å². The molecule has 0 atom stereocenters. The Balaban J connectivity index is 2.30. The summed E-state index contributed by atoms with van der Waals surface area (Å²) >= 11 is 0. The standard InChI is InChI=1S/C12H15F3N6/c1-3-4-16-11-19-9(12(13,14)15)5-10(20-11)18-8-6-17-21(2)7-8/h5-7H,3-4H2,1-2H3,(H2,16,18,19,20). The zero-order valence-electron chi connectivity index (χ0n) is 11.6. The molecular weight excluding hydrogens is 285 g/mol. The van der Waals surface area contributed by atoms with Crippen LogP contribution in [0.15, 0.2) is 18.5 Å². The Morgan fingerprint density at radius 2 is 2.05 bits per heavy atom. The number of rotatable bonds is 5. The second-order valence-corrected chi connectivity index (χ2v) is 4.41. The van der Waals surface area contributed by atoms with Crippen LogP contribution in [0.4, 0.5) is 30.6 Å². The lowest BCUT2D eigenvalue weighted by molar-refractivity contribution is -0.141. The Bertz CT molecular complexity index is 607. The van der Waals surface area contributed by atoms with E-state index in [1.54, 1.807) is 13.2 Å². The van der Waals surface area contributed by atoms with Gasteiger partial charge in [0.1, 0.15) is 5.82 Å². The van der Waals surface area contributed by atoms with E-state index in [2.05, 4.69) is 25.7 Å². The molecule has 0 aromatic carbocycles. The molecule has 0 unspecified atom stereocenters. The molecule has 21 heavy (non-hydrogen) atoms. The summed E-state index contributed by atoms with van der Waals surface area (Å²) in [5, 5.41) is 9.46. The predicted molar refractivity (Wildman–Crippen MR) is 72.3 cm³/mol. The van der Waals surface area contributed by atoms with Gasteiger partial charge in [0.25, 0.3) is 0 Å². The molecular formula is C12H15F3N6. The van der Waals surface area contributed by atoms with Gasteiger partial charge in [-0.1, -0.05) is 6.92 Å². The summed E-state index contributed by atoms with van der Waals surface area (Å²) in [6.45, 7) is 2.39. The van der Waals surface area contributed by atoms with Gasteiger partial charge in [0.05, 0.1) is 11.9 Å². The summed E-state index contributed by atoms with van der Waals surface area (Å²) < 4.78 is 40.1. The molecule has 0 amide bonds. The quantitative estimate of drug-likeness (QED) is 0.888. The molecule has 6 nitrogen and oxygen atoms in total. The first-order chi connectivity index (χ1) is 9.88. The van der Waals surface area contributed by atoms with Gasteiger partial charge in [-0.15, -0.1) is 0 Å². The molecule has 114 valence electrons. The van der Waals surface area contributed by atoms with Crippen LogP contribution in [0, 0.1) is 0 Å². The topological polar surface area (TPSA) is 67.7 Å². The number of aromatic nitrogens is 4. The van der Waals surface area contributed by atoms with Crippen LogP contribution in [0.3, 0.4) is 0 Å². The smallest absolute Gasteiger partial charge is 0.354 e. The summed E-state index contributed by atoms with van der Waals surface area (Å²) in [5.74, 6) is 0.00185. The molecule has 2 aromatic rings. The first-order valence-corrected chi connectivity index (χ1v) is 6.34. The predicted octanol–water partition coefficient (Wildman–Crippen LogP) is 2.79. The van der Waals surface area contributed by atoms with E-state index in [4.69, 9.17) is 0 Å². The molecule has 0 aliphatic heterocycles. The normalized spacial score (nSPS) is 11.5. The number of nitrogens with zero attached hydrogens (tertiary/aromatic N) is 4. The van der Waals surface area contributed by atoms with Gasteiger partial charge in [0, 0.05) is 25.9 Å². The summed E-state index contributed by atoms with van der Waals surface area (Å²) in [5.41, 5.74) is -0.451. The monoisotopic (exact) mass is 300 g/mol. The molecule has 0 bridgehead atoms. The van der Waals surface area contributed by atoms with E-state index < -0.39 is 11.9 Å². The third kappa shape index (κ3) is 4.07. The van der Waals surface area contributed by atoms with Crippen molar-refractivity contribution in [1.29, 1.82) is 0 Å². The van der Waals surface area contributed by atoms with Crippen molar-refractivity contribution < 1.29 is 13.2 Å². The molecule has 0 saturated heterocycles. The van der Waals surface area contributed by atoms with Crippen LogP contribution in [0.2, 0.25) is 0 Å².